The number of primary amides is 1. The molecule has 0 radical (unpaired) electrons. The molecule has 2 N–H and O–H groups in total. The van der Waals surface area contributed by atoms with Crippen molar-refractivity contribution in [3.05, 3.63) is 52.5 Å². The Bertz CT molecular complexity index is 851. The van der Waals surface area contributed by atoms with Crippen LogP contribution < -0.4 is 5.73 Å². The molecule has 0 aromatic heterocycles. The van der Waals surface area contributed by atoms with Gasteiger partial charge in [0.05, 0.1) is 11.5 Å². The van der Waals surface area contributed by atoms with E-state index in [-0.39, 0.29) is 17.9 Å². The summed E-state index contributed by atoms with van der Waals surface area (Å²) < 4.78 is 29.2. The average molecular weight is 402 g/mol. The van der Waals surface area contributed by atoms with Crippen LogP contribution in [0.3, 0.4) is 0 Å². The van der Waals surface area contributed by atoms with E-state index in [1.165, 1.54) is 12.1 Å². The van der Waals surface area contributed by atoms with Crippen LogP contribution >= 0.6 is 23.2 Å². The predicted molar refractivity (Wildman–Crippen MR) is 98.1 cm³/mol. The fraction of sp³-hybridized carbons (Fsp3) is 0.235. The number of benzene rings is 2. The normalized spacial score (nSPS) is 11.4. The highest BCUT2D eigenvalue weighted by molar-refractivity contribution is 7.86. The van der Waals surface area contributed by atoms with E-state index in [2.05, 4.69) is 0 Å². The van der Waals surface area contributed by atoms with E-state index >= 15 is 0 Å². The summed E-state index contributed by atoms with van der Waals surface area (Å²) in [6.45, 7) is 0.000374. The number of rotatable bonds is 8. The van der Waals surface area contributed by atoms with Crippen LogP contribution in [0.5, 0.6) is 0 Å². The van der Waals surface area contributed by atoms with Crippen LogP contribution in [-0.2, 0) is 19.1 Å². The van der Waals surface area contributed by atoms with Crippen molar-refractivity contribution in [2.24, 2.45) is 5.73 Å². The fourth-order valence-electron chi connectivity index (χ4n) is 2.16. The topological polar surface area (TPSA) is 86.5 Å². The van der Waals surface area contributed by atoms with Crippen LogP contribution in [0.1, 0.15) is 19.3 Å². The Labute approximate surface area is 156 Å². The smallest absolute Gasteiger partial charge is 0.296 e. The lowest BCUT2D eigenvalue weighted by molar-refractivity contribution is -0.118. The molecule has 0 saturated carbocycles. The maximum absolute atomic E-state index is 12.1. The van der Waals surface area contributed by atoms with Gasteiger partial charge in [0.1, 0.15) is 0 Å². The largest absolute Gasteiger partial charge is 0.370 e. The van der Waals surface area contributed by atoms with Crippen molar-refractivity contribution in [2.45, 2.75) is 24.2 Å². The first-order valence-corrected chi connectivity index (χ1v) is 9.69. The molecule has 0 aliphatic rings. The molecular weight excluding hydrogens is 385 g/mol. The van der Waals surface area contributed by atoms with Crippen molar-refractivity contribution in [1.29, 1.82) is 0 Å². The molecule has 8 heteroatoms. The van der Waals surface area contributed by atoms with Crippen LogP contribution in [0, 0.1) is 0 Å². The zero-order chi connectivity index (χ0) is 18.4. The number of carbonyl (C=O) groups excluding carboxylic acids is 1. The molecule has 0 fully saturated rings. The Morgan fingerprint density at radius 2 is 1.72 bits per heavy atom. The monoisotopic (exact) mass is 401 g/mol. The van der Waals surface area contributed by atoms with Crippen molar-refractivity contribution in [3.8, 4) is 11.1 Å². The van der Waals surface area contributed by atoms with E-state index in [0.29, 0.717) is 22.9 Å². The minimum atomic E-state index is -3.85. The first kappa shape index (κ1) is 19.7. The molecule has 2 rings (SSSR count). The average Bonchev–Trinajstić information content (AvgIpc) is 2.54. The quantitative estimate of drug-likeness (QED) is 0.534. The number of carbonyl (C=O) groups is 1. The SMILES string of the molecule is NC(=O)CCCCOS(=O)(=O)c1ccc(-c2ccc(Cl)cc2Cl)cc1. The van der Waals surface area contributed by atoms with Gasteiger partial charge in [0.15, 0.2) is 0 Å². The number of halogens is 2. The molecule has 134 valence electrons. The van der Waals surface area contributed by atoms with Crippen molar-refractivity contribution >= 4 is 39.2 Å². The third-order valence-corrected chi connectivity index (χ3v) is 5.32. The third kappa shape index (κ3) is 5.71. The summed E-state index contributed by atoms with van der Waals surface area (Å²) >= 11 is 12.0. The molecule has 0 heterocycles. The van der Waals surface area contributed by atoms with Gasteiger partial charge in [-0.2, -0.15) is 8.42 Å². The lowest BCUT2D eigenvalue weighted by Crippen LogP contribution is -2.11. The zero-order valence-electron chi connectivity index (χ0n) is 13.2. The summed E-state index contributed by atoms with van der Waals surface area (Å²) in [5.74, 6) is -0.417. The summed E-state index contributed by atoms with van der Waals surface area (Å²) in [7, 11) is -3.85. The van der Waals surface area contributed by atoms with E-state index in [1.807, 2.05) is 0 Å². The van der Waals surface area contributed by atoms with Gasteiger partial charge in [-0.15, -0.1) is 0 Å². The van der Waals surface area contributed by atoms with Gasteiger partial charge in [0.25, 0.3) is 10.1 Å². The van der Waals surface area contributed by atoms with Gasteiger partial charge in [-0.3, -0.25) is 8.98 Å². The Kier molecular flexibility index (Phi) is 6.84. The molecule has 0 aliphatic carbocycles. The molecule has 0 atom stereocenters. The zero-order valence-corrected chi connectivity index (χ0v) is 15.6. The summed E-state index contributed by atoms with van der Waals surface area (Å²) in [4.78, 5) is 10.7. The number of amides is 1. The maximum atomic E-state index is 12.1. The number of hydrogen-bond donors (Lipinski definition) is 1. The molecular formula is C17H17Cl2NO4S. The molecule has 0 spiro atoms. The fourth-order valence-corrected chi connectivity index (χ4v) is 3.62. The van der Waals surface area contributed by atoms with Crippen molar-refractivity contribution in [3.63, 3.8) is 0 Å². The van der Waals surface area contributed by atoms with Crippen molar-refractivity contribution in [2.75, 3.05) is 6.61 Å². The van der Waals surface area contributed by atoms with E-state index < -0.39 is 16.0 Å². The Morgan fingerprint density at radius 3 is 2.32 bits per heavy atom. The Hall–Kier alpha value is -1.60. The van der Waals surface area contributed by atoms with Gasteiger partial charge in [-0.25, -0.2) is 0 Å². The Balaban J connectivity index is 2.04. The highest BCUT2D eigenvalue weighted by atomic mass is 35.5. The number of unbranched alkanes of at least 4 members (excludes halogenated alkanes) is 1. The van der Waals surface area contributed by atoms with E-state index in [1.54, 1.807) is 30.3 Å². The van der Waals surface area contributed by atoms with Gasteiger partial charge in [0, 0.05) is 22.0 Å². The summed E-state index contributed by atoms with van der Waals surface area (Å²) in [6, 6.07) is 11.3. The highest BCUT2D eigenvalue weighted by Crippen LogP contribution is 2.31. The first-order chi connectivity index (χ1) is 11.8. The molecule has 0 aliphatic heterocycles. The Morgan fingerprint density at radius 1 is 1.04 bits per heavy atom. The lowest BCUT2D eigenvalue weighted by atomic mass is 10.1. The van der Waals surface area contributed by atoms with Gasteiger partial charge in [0.2, 0.25) is 5.91 Å². The maximum Gasteiger partial charge on any atom is 0.296 e. The second-order valence-corrected chi connectivity index (χ2v) is 7.81. The number of hydrogen-bond acceptors (Lipinski definition) is 4. The lowest BCUT2D eigenvalue weighted by Gasteiger charge is -2.08. The van der Waals surface area contributed by atoms with Crippen molar-refractivity contribution < 1.29 is 17.4 Å². The number of nitrogens with two attached hydrogens (primary N) is 1. The van der Waals surface area contributed by atoms with E-state index in [4.69, 9.17) is 33.1 Å². The molecule has 5 nitrogen and oxygen atoms in total. The van der Waals surface area contributed by atoms with Crippen LogP contribution in [0.15, 0.2) is 47.4 Å². The standard InChI is InChI=1S/C17H17Cl2NO4S/c18-13-6-9-15(16(19)11-13)12-4-7-14(8-5-12)25(22,23)24-10-2-1-3-17(20)21/h4-9,11H,1-3,10H2,(H2,20,21). The van der Waals surface area contributed by atoms with Gasteiger partial charge in [-0.05, 0) is 42.7 Å². The van der Waals surface area contributed by atoms with E-state index in [0.717, 1.165) is 11.1 Å². The van der Waals surface area contributed by atoms with Crippen LogP contribution in [0.4, 0.5) is 0 Å². The minimum absolute atomic E-state index is 0.000374. The van der Waals surface area contributed by atoms with E-state index in [9.17, 15) is 13.2 Å². The van der Waals surface area contributed by atoms with Crippen LogP contribution in [-0.4, -0.2) is 20.9 Å². The van der Waals surface area contributed by atoms with Crippen molar-refractivity contribution in [1.82, 2.24) is 0 Å². The molecule has 2 aromatic rings. The summed E-state index contributed by atoms with van der Waals surface area (Å²) in [5.41, 5.74) is 6.54. The first-order valence-electron chi connectivity index (χ1n) is 7.53. The van der Waals surface area contributed by atoms with Crippen LogP contribution in [0.25, 0.3) is 11.1 Å². The molecule has 0 bridgehead atoms. The molecule has 1 amide bonds. The summed E-state index contributed by atoms with van der Waals surface area (Å²) in [6.07, 6.45) is 1.12. The molecule has 0 saturated heterocycles. The minimum Gasteiger partial charge on any atom is -0.370 e. The second-order valence-electron chi connectivity index (χ2n) is 5.35. The second kappa shape index (κ2) is 8.67. The van der Waals surface area contributed by atoms with Crippen LogP contribution in [0.2, 0.25) is 10.0 Å². The predicted octanol–water partition coefficient (Wildman–Crippen LogP) is 4.02. The van der Waals surface area contributed by atoms with Gasteiger partial charge < -0.3 is 5.73 Å². The summed E-state index contributed by atoms with van der Waals surface area (Å²) in [5, 5.41) is 1.01. The van der Waals surface area contributed by atoms with Gasteiger partial charge in [-0.1, -0.05) is 41.4 Å². The molecule has 25 heavy (non-hydrogen) atoms. The van der Waals surface area contributed by atoms with Gasteiger partial charge >= 0.3 is 0 Å². The highest BCUT2D eigenvalue weighted by Gasteiger charge is 2.15. The molecule has 2 aromatic carbocycles. The molecule has 0 unspecified atom stereocenters. The third-order valence-electron chi connectivity index (χ3n) is 3.44.